The van der Waals surface area contributed by atoms with Crippen molar-refractivity contribution in [2.24, 2.45) is 16.7 Å². The molecule has 0 aliphatic heterocycles. The van der Waals surface area contributed by atoms with Crippen LogP contribution in [0.3, 0.4) is 0 Å². The lowest BCUT2D eigenvalue weighted by Crippen LogP contribution is -2.57. The van der Waals surface area contributed by atoms with Crippen LogP contribution in [-0.2, 0) is 11.2 Å². The van der Waals surface area contributed by atoms with E-state index >= 15 is 0 Å². The third kappa shape index (κ3) is 3.72. The van der Waals surface area contributed by atoms with Crippen molar-refractivity contribution in [3.05, 3.63) is 46.2 Å². The first-order valence-electron chi connectivity index (χ1n) is 10.7. The van der Waals surface area contributed by atoms with E-state index in [0.717, 1.165) is 10.9 Å². The fourth-order valence-corrected chi connectivity index (χ4v) is 6.74. The Morgan fingerprint density at radius 3 is 2.75 bits per heavy atom. The van der Waals surface area contributed by atoms with Crippen LogP contribution < -0.4 is 5.32 Å². The summed E-state index contributed by atoms with van der Waals surface area (Å²) in [5.74, 6) is -2.52. The zero-order chi connectivity index (χ0) is 23.3. The number of carbonyl (C=O) groups is 2. The Hall–Kier alpha value is -2.36. The molecule has 2 aliphatic carbocycles. The molecule has 32 heavy (non-hydrogen) atoms. The highest BCUT2D eigenvalue weighted by Crippen LogP contribution is 2.62. The number of hydrogen-bond donors (Lipinski definition) is 4. The van der Waals surface area contributed by atoms with Gasteiger partial charge in [0.25, 0.3) is 5.91 Å². The Balaban J connectivity index is 1.72. The fraction of sp³-hybridized carbons (Fsp3) is 0.522. The van der Waals surface area contributed by atoms with E-state index in [9.17, 15) is 29.3 Å². The Kier molecular flexibility index (Phi) is 5.85. The second-order valence-corrected chi connectivity index (χ2v) is 10.5. The molecule has 1 fully saturated rings. The van der Waals surface area contributed by atoms with Crippen LogP contribution in [0.15, 0.2) is 24.3 Å². The molecule has 4 N–H and O–H groups in total. The first-order valence-corrected chi connectivity index (χ1v) is 11.5. The molecule has 0 spiro atoms. The van der Waals surface area contributed by atoms with E-state index in [2.05, 4.69) is 10.3 Å². The minimum atomic E-state index is -0.946. The number of aliphatic hydroxyl groups excluding tert-OH is 2. The number of halogens is 1. The van der Waals surface area contributed by atoms with Crippen LogP contribution >= 0.6 is 11.3 Å². The van der Waals surface area contributed by atoms with E-state index in [-0.39, 0.29) is 24.5 Å². The van der Waals surface area contributed by atoms with Gasteiger partial charge in [-0.2, -0.15) is 0 Å². The predicted molar refractivity (Wildman–Crippen MR) is 117 cm³/mol. The summed E-state index contributed by atoms with van der Waals surface area (Å²) >= 11 is 1.27. The summed E-state index contributed by atoms with van der Waals surface area (Å²) < 4.78 is 13.5. The standard InChI is InChI=1S/C23H27FN2O5S/c1-22-7-6-17(28)23(2,11-27)16(22)10-15-19(14(22)9-18(29)30)25-21(32-15)26-20(31)12-4-3-5-13(24)8-12/h3-5,8,14,16-17,27-28H,6-7,9-11H2,1-2H3,(H,29,30)(H,25,26,31). The molecule has 1 aromatic heterocycles. The molecule has 172 valence electrons. The molecule has 0 saturated heterocycles. The van der Waals surface area contributed by atoms with Gasteiger partial charge in [-0.15, -0.1) is 11.3 Å². The van der Waals surface area contributed by atoms with Crippen molar-refractivity contribution in [3.63, 3.8) is 0 Å². The number of thiazole rings is 1. The van der Waals surface area contributed by atoms with Crippen molar-refractivity contribution in [1.29, 1.82) is 0 Å². The third-order valence-corrected chi connectivity index (χ3v) is 8.59. The topological polar surface area (TPSA) is 120 Å². The van der Waals surface area contributed by atoms with Crippen LogP contribution in [0.5, 0.6) is 0 Å². The van der Waals surface area contributed by atoms with Gasteiger partial charge >= 0.3 is 5.97 Å². The number of carbonyl (C=O) groups excluding carboxylic acids is 1. The molecule has 9 heteroatoms. The SMILES string of the molecule is CC1(CO)C(O)CCC2(C)C(CC(=O)O)c3nc(NC(=O)c4cccc(F)c4)sc3CC12. The summed E-state index contributed by atoms with van der Waals surface area (Å²) in [6.45, 7) is 3.68. The van der Waals surface area contributed by atoms with Crippen LogP contribution in [0, 0.1) is 22.6 Å². The lowest BCUT2D eigenvalue weighted by atomic mass is 9.47. The van der Waals surface area contributed by atoms with Gasteiger partial charge in [-0.05, 0) is 48.8 Å². The number of rotatable bonds is 5. The largest absolute Gasteiger partial charge is 0.481 e. The molecule has 0 bridgehead atoms. The van der Waals surface area contributed by atoms with Gasteiger partial charge in [-0.1, -0.05) is 19.9 Å². The highest BCUT2D eigenvalue weighted by atomic mass is 32.1. The number of amides is 1. The van der Waals surface area contributed by atoms with Crippen LogP contribution in [0.4, 0.5) is 9.52 Å². The number of aliphatic carboxylic acids is 1. The first-order chi connectivity index (χ1) is 15.1. The van der Waals surface area contributed by atoms with Crippen molar-refractivity contribution in [2.45, 2.75) is 51.6 Å². The average Bonchev–Trinajstić information content (AvgIpc) is 3.14. The minimum Gasteiger partial charge on any atom is -0.481 e. The number of aromatic nitrogens is 1. The summed E-state index contributed by atoms with van der Waals surface area (Å²) in [6.07, 6.45) is 0.817. The van der Waals surface area contributed by atoms with Gasteiger partial charge in [0.05, 0.1) is 24.8 Å². The van der Waals surface area contributed by atoms with Gasteiger partial charge in [0.2, 0.25) is 0 Å². The molecule has 1 heterocycles. The monoisotopic (exact) mass is 462 g/mol. The summed E-state index contributed by atoms with van der Waals surface area (Å²) in [5.41, 5.74) is -0.421. The van der Waals surface area contributed by atoms with Crippen molar-refractivity contribution < 1.29 is 29.3 Å². The molecular weight excluding hydrogens is 435 g/mol. The zero-order valence-electron chi connectivity index (χ0n) is 18.0. The molecule has 1 amide bonds. The predicted octanol–water partition coefficient (Wildman–Crippen LogP) is 3.42. The van der Waals surface area contributed by atoms with Crippen molar-refractivity contribution >= 4 is 28.3 Å². The van der Waals surface area contributed by atoms with Gasteiger partial charge in [0.1, 0.15) is 5.82 Å². The number of anilines is 1. The summed E-state index contributed by atoms with van der Waals surface area (Å²) in [7, 11) is 0. The van der Waals surface area contributed by atoms with Crippen LogP contribution in [-0.4, -0.2) is 44.9 Å². The van der Waals surface area contributed by atoms with Crippen LogP contribution in [0.2, 0.25) is 0 Å². The van der Waals surface area contributed by atoms with E-state index in [4.69, 9.17) is 0 Å². The maximum atomic E-state index is 13.5. The second-order valence-electron chi connectivity index (χ2n) is 9.42. The number of nitrogens with zero attached hydrogens (tertiary/aromatic N) is 1. The average molecular weight is 463 g/mol. The lowest BCUT2D eigenvalue weighted by Gasteiger charge is -2.58. The van der Waals surface area contributed by atoms with E-state index in [1.165, 1.54) is 29.5 Å². The van der Waals surface area contributed by atoms with Gasteiger partial charge in [0, 0.05) is 21.8 Å². The van der Waals surface area contributed by atoms with E-state index in [1.54, 1.807) is 0 Å². The lowest BCUT2D eigenvalue weighted by molar-refractivity contribution is -0.150. The smallest absolute Gasteiger partial charge is 0.304 e. The molecule has 2 aromatic rings. The van der Waals surface area contributed by atoms with Crippen LogP contribution in [0.25, 0.3) is 0 Å². The van der Waals surface area contributed by atoms with Crippen molar-refractivity contribution in [2.75, 3.05) is 11.9 Å². The molecule has 5 atom stereocenters. The number of carboxylic acid groups (broad SMARTS) is 1. The third-order valence-electron chi connectivity index (χ3n) is 7.58. The quantitative estimate of drug-likeness (QED) is 0.541. The van der Waals surface area contributed by atoms with Gasteiger partial charge in [0.15, 0.2) is 5.13 Å². The Bertz CT molecular complexity index is 1060. The molecule has 4 rings (SSSR count). The Morgan fingerprint density at radius 2 is 2.09 bits per heavy atom. The normalized spacial score (nSPS) is 31.5. The number of benzene rings is 1. The highest BCUT2D eigenvalue weighted by molar-refractivity contribution is 7.15. The fourth-order valence-electron chi connectivity index (χ4n) is 5.67. The van der Waals surface area contributed by atoms with E-state index < -0.39 is 40.5 Å². The summed E-state index contributed by atoms with van der Waals surface area (Å²) in [5, 5.41) is 33.6. The molecule has 0 radical (unpaired) electrons. The molecule has 5 unspecified atom stereocenters. The summed E-state index contributed by atoms with van der Waals surface area (Å²) in [4.78, 5) is 29.8. The van der Waals surface area contributed by atoms with Gasteiger partial charge in [-0.3, -0.25) is 14.9 Å². The van der Waals surface area contributed by atoms with Gasteiger partial charge in [-0.25, -0.2) is 9.37 Å². The molecule has 7 nitrogen and oxygen atoms in total. The van der Waals surface area contributed by atoms with Crippen LogP contribution in [0.1, 0.15) is 60.0 Å². The number of aliphatic hydroxyl groups is 2. The number of carboxylic acids is 1. The zero-order valence-corrected chi connectivity index (χ0v) is 18.8. The maximum Gasteiger partial charge on any atom is 0.304 e. The maximum absolute atomic E-state index is 13.5. The Labute approximate surface area is 189 Å². The number of hydrogen-bond acceptors (Lipinski definition) is 6. The molecular formula is C23H27FN2O5S. The molecule has 1 saturated carbocycles. The second kappa shape index (κ2) is 8.20. The van der Waals surface area contributed by atoms with Gasteiger partial charge < -0.3 is 15.3 Å². The Morgan fingerprint density at radius 1 is 1.34 bits per heavy atom. The minimum absolute atomic E-state index is 0.126. The number of nitrogens with one attached hydrogen (secondary N) is 1. The van der Waals surface area contributed by atoms with E-state index in [0.29, 0.717) is 30.1 Å². The molecule has 2 aliphatic rings. The molecule has 1 aromatic carbocycles. The summed E-state index contributed by atoms with van der Waals surface area (Å²) in [6, 6.07) is 5.35. The van der Waals surface area contributed by atoms with E-state index in [1.807, 2.05) is 13.8 Å². The number of fused-ring (bicyclic) bond motifs is 2. The van der Waals surface area contributed by atoms with Crippen molar-refractivity contribution in [1.82, 2.24) is 4.98 Å². The highest BCUT2D eigenvalue weighted by Gasteiger charge is 2.59. The van der Waals surface area contributed by atoms with Crippen molar-refractivity contribution in [3.8, 4) is 0 Å². The first kappa shape index (κ1) is 22.8.